The van der Waals surface area contributed by atoms with Crippen LogP contribution in [-0.4, -0.2) is 70.4 Å². The maximum Gasteiger partial charge on any atom is 0.358 e. The standard InChI is InChI=1S/C16H18N6O4S/c1-11(23)19-16-20-12(10-27-16)14(25)26-9-13(24)21-5-7-22(8-6-21)15-17-3-2-4-18-15/h2-4,10H,5-9H2,1H3,(H,19,20,23). The zero-order chi connectivity index (χ0) is 19.2. The summed E-state index contributed by atoms with van der Waals surface area (Å²) < 4.78 is 5.04. The van der Waals surface area contributed by atoms with Crippen LogP contribution in [0.5, 0.6) is 0 Å². The second kappa shape index (κ2) is 8.54. The van der Waals surface area contributed by atoms with Crippen LogP contribution in [0.15, 0.2) is 23.8 Å². The van der Waals surface area contributed by atoms with Crippen molar-refractivity contribution in [3.63, 3.8) is 0 Å². The van der Waals surface area contributed by atoms with Crippen LogP contribution in [0.2, 0.25) is 0 Å². The molecule has 3 heterocycles. The molecule has 2 aromatic heterocycles. The van der Waals surface area contributed by atoms with E-state index in [0.29, 0.717) is 37.3 Å². The number of piperazine rings is 1. The van der Waals surface area contributed by atoms with Crippen molar-refractivity contribution in [2.24, 2.45) is 0 Å². The maximum atomic E-state index is 12.3. The number of amides is 2. The number of nitrogens with zero attached hydrogens (tertiary/aromatic N) is 5. The molecule has 0 bridgehead atoms. The second-order valence-electron chi connectivity index (χ2n) is 5.71. The fraction of sp³-hybridized carbons (Fsp3) is 0.375. The molecule has 27 heavy (non-hydrogen) atoms. The summed E-state index contributed by atoms with van der Waals surface area (Å²) in [5.41, 5.74) is 0.0580. The zero-order valence-electron chi connectivity index (χ0n) is 14.6. The second-order valence-corrected chi connectivity index (χ2v) is 6.57. The lowest BCUT2D eigenvalue weighted by molar-refractivity contribution is -0.134. The quantitative estimate of drug-likeness (QED) is 0.729. The van der Waals surface area contributed by atoms with Crippen molar-refractivity contribution < 1.29 is 19.1 Å². The van der Waals surface area contributed by atoms with E-state index in [-0.39, 0.29) is 24.1 Å². The van der Waals surface area contributed by atoms with Gasteiger partial charge in [-0.1, -0.05) is 0 Å². The van der Waals surface area contributed by atoms with Crippen molar-refractivity contribution in [3.8, 4) is 0 Å². The fourth-order valence-electron chi connectivity index (χ4n) is 2.48. The van der Waals surface area contributed by atoms with Crippen LogP contribution in [0, 0.1) is 0 Å². The minimum atomic E-state index is -0.701. The lowest BCUT2D eigenvalue weighted by Gasteiger charge is -2.34. The van der Waals surface area contributed by atoms with Gasteiger partial charge in [-0.15, -0.1) is 11.3 Å². The van der Waals surface area contributed by atoms with Crippen LogP contribution in [-0.2, 0) is 14.3 Å². The van der Waals surface area contributed by atoms with Gasteiger partial charge in [0.2, 0.25) is 11.9 Å². The van der Waals surface area contributed by atoms with E-state index >= 15 is 0 Å². The van der Waals surface area contributed by atoms with E-state index in [0.717, 1.165) is 11.3 Å². The molecule has 0 unspecified atom stereocenters. The Kier molecular flexibility index (Phi) is 5.91. The Morgan fingerprint density at radius 2 is 1.89 bits per heavy atom. The van der Waals surface area contributed by atoms with E-state index < -0.39 is 5.97 Å². The summed E-state index contributed by atoms with van der Waals surface area (Å²) in [7, 11) is 0. The van der Waals surface area contributed by atoms with Gasteiger partial charge in [0.15, 0.2) is 17.4 Å². The molecule has 0 aromatic carbocycles. The number of thiazole rings is 1. The van der Waals surface area contributed by atoms with Crippen molar-refractivity contribution in [1.29, 1.82) is 0 Å². The minimum Gasteiger partial charge on any atom is -0.451 e. The summed E-state index contributed by atoms with van der Waals surface area (Å²) in [6, 6.07) is 1.75. The highest BCUT2D eigenvalue weighted by Crippen LogP contribution is 2.16. The van der Waals surface area contributed by atoms with E-state index in [4.69, 9.17) is 4.74 Å². The molecule has 0 spiro atoms. The first-order chi connectivity index (χ1) is 13.0. The molecule has 2 amide bonds. The van der Waals surface area contributed by atoms with Gasteiger partial charge in [-0.3, -0.25) is 9.59 Å². The van der Waals surface area contributed by atoms with E-state index in [1.54, 1.807) is 23.4 Å². The number of hydrogen-bond acceptors (Lipinski definition) is 9. The van der Waals surface area contributed by atoms with Crippen LogP contribution in [0.1, 0.15) is 17.4 Å². The van der Waals surface area contributed by atoms with Crippen molar-refractivity contribution in [1.82, 2.24) is 19.9 Å². The van der Waals surface area contributed by atoms with Crippen molar-refractivity contribution in [3.05, 3.63) is 29.5 Å². The third-order valence-corrected chi connectivity index (χ3v) is 4.55. The number of nitrogens with one attached hydrogen (secondary N) is 1. The molecule has 1 N–H and O–H groups in total. The predicted octanol–water partition coefficient (Wildman–Crippen LogP) is 0.397. The number of ether oxygens (including phenoxy) is 1. The Hall–Kier alpha value is -3.08. The first kappa shape index (κ1) is 18.7. The van der Waals surface area contributed by atoms with Crippen LogP contribution >= 0.6 is 11.3 Å². The number of carbonyl (C=O) groups excluding carboxylic acids is 3. The third-order valence-electron chi connectivity index (χ3n) is 3.79. The smallest absolute Gasteiger partial charge is 0.358 e. The highest BCUT2D eigenvalue weighted by atomic mass is 32.1. The van der Waals surface area contributed by atoms with Crippen molar-refractivity contribution >= 4 is 40.2 Å². The molecule has 0 atom stereocenters. The Bertz CT molecular complexity index is 819. The van der Waals surface area contributed by atoms with Crippen LogP contribution < -0.4 is 10.2 Å². The highest BCUT2D eigenvalue weighted by Gasteiger charge is 2.23. The predicted molar refractivity (Wildman–Crippen MR) is 97.5 cm³/mol. The molecule has 0 saturated carbocycles. The largest absolute Gasteiger partial charge is 0.451 e. The van der Waals surface area contributed by atoms with Gasteiger partial charge in [0.05, 0.1) is 0 Å². The molecule has 1 fully saturated rings. The van der Waals surface area contributed by atoms with Gasteiger partial charge in [0.25, 0.3) is 5.91 Å². The molecular weight excluding hydrogens is 372 g/mol. The normalized spacial score (nSPS) is 14.0. The topological polar surface area (TPSA) is 118 Å². The number of esters is 1. The molecule has 10 nitrogen and oxygen atoms in total. The maximum absolute atomic E-state index is 12.3. The van der Waals surface area contributed by atoms with Gasteiger partial charge >= 0.3 is 5.97 Å². The lowest BCUT2D eigenvalue weighted by Crippen LogP contribution is -2.50. The van der Waals surface area contributed by atoms with Gasteiger partial charge in [-0.2, -0.15) is 0 Å². The number of hydrogen-bond donors (Lipinski definition) is 1. The monoisotopic (exact) mass is 390 g/mol. The first-order valence-corrected chi connectivity index (χ1v) is 9.11. The average Bonchev–Trinajstić information content (AvgIpc) is 3.14. The Labute approximate surface area is 159 Å². The molecule has 0 radical (unpaired) electrons. The van der Waals surface area contributed by atoms with Gasteiger partial charge in [-0.05, 0) is 6.07 Å². The average molecular weight is 390 g/mol. The number of aromatic nitrogens is 3. The van der Waals surface area contributed by atoms with Crippen LogP contribution in [0.3, 0.4) is 0 Å². The van der Waals surface area contributed by atoms with Gasteiger partial charge in [-0.25, -0.2) is 19.7 Å². The molecule has 11 heteroatoms. The summed E-state index contributed by atoms with van der Waals surface area (Å²) in [4.78, 5) is 51.2. The Balaban J connectivity index is 1.45. The fourth-order valence-corrected chi connectivity index (χ4v) is 3.20. The molecule has 1 saturated heterocycles. The molecule has 1 aliphatic heterocycles. The SMILES string of the molecule is CC(=O)Nc1nc(C(=O)OCC(=O)N2CCN(c3ncccn3)CC2)cs1. The molecule has 2 aromatic rings. The molecule has 0 aliphatic carbocycles. The summed E-state index contributed by atoms with van der Waals surface area (Å²) in [5.74, 6) is -0.615. The van der Waals surface area contributed by atoms with Crippen LogP contribution in [0.4, 0.5) is 11.1 Å². The Morgan fingerprint density at radius 1 is 1.19 bits per heavy atom. The number of carbonyl (C=O) groups is 3. The highest BCUT2D eigenvalue weighted by molar-refractivity contribution is 7.14. The van der Waals surface area contributed by atoms with Crippen LogP contribution in [0.25, 0.3) is 0 Å². The molecule has 1 aliphatic rings. The summed E-state index contributed by atoms with van der Waals surface area (Å²) in [6.07, 6.45) is 3.35. The Morgan fingerprint density at radius 3 is 2.56 bits per heavy atom. The molecular formula is C16H18N6O4S. The summed E-state index contributed by atoms with van der Waals surface area (Å²) in [5, 5.41) is 4.26. The number of anilines is 2. The third kappa shape index (κ3) is 4.97. The first-order valence-electron chi connectivity index (χ1n) is 8.23. The van der Waals surface area contributed by atoms with E-state index in [1.807, 2.05) is 4.90 Å². The van der Waals surface area contributed by atoms with E-state index in [1.165, 1.54) is 12.3 Å². The van der Waals surface area contributed by atoms with Gasteiger partial charge in [0.1, 0.15) is 0 Å². The van der Waals surface area contributed by atoms with Gasteiger partial charge in [0, 0.05) is 50.9 Å². The number of rotatable bonds is 5. The van der Waals surface area contributed by atoms with Gasteiger partial charge < -0.3 is 19.9 Å². The minimum absolute atomic E-state index is 0.0580. The molecule has 142 valence electrons. The van der Waals surface area contributed by atoms with E-state index in [9.17, 15) is 14.4 Å². The molecule has 3 rings (SSSR count). The lowest BCUT2D eigenvalue weighted by atomic mass is 10.3. The van der Waals surface area contributed by atoms with Crippen molar-refractivity contribution in [2.45, 2.75) is 6.92 Å². The van der Waals surface area contributed by atoms with Crippen molar-refractivity contribution in [2.75, 3.05) is 43.0 Å². The van der Waals surface area contributed by atoms with E-state index in [2.05, 4.69) is 20.3 Å². The zero-order valence-corrected chi connectivity index (χ0v) is 15.4. The summed E-state index contributed by atoms with van der Waals surface area (Å²) >= 11 is 1.11. The summed E-state index contributed by atoms with van der Waals surface area (Å²) in [6.45, 7) is 3.21.